The second kappa shape index (κ2) is 11.5. The van der Waals surface area contributed by atoms with Crippen LogP contribution in [0.4, 0.5) is 0 Å². The summed E-state index contributed by atoms with van der Waals surface area (Å²) in [5.41, 5.74) is 24.7. The number of nitrogens with two attached hydrogens (primary N) is 4. The summed E-state index contributed by atoms with van der Waals surface area (Å²) in [4.78, 5) is 0. The maximum atomic E-state index is 11.2. The first-order valence-electron chi connectivity index (χ1n) is 12.6. The van der Waals surface area contributed by atoms with Gasteiger partial charge in [-0.2, -0.15) is 0 Å². The van der Waals surface area contributed by atoms with Gasteiger partial charge in [0.2, 0.25) is 0 Å². The molecule has 3 heterocycles. The van der Waals surface area contributed by atoms with Gasteiger partial charge >= 0.3 is 0 Å². The van der Waals surface area contributed by atoms with Gasteiger partial charge in [0.05, 0.1) is 37.0 Å². The highest BCUT2D eigenvalue weighted by Gasteiger charge is 2.52. The molecule has 9 unspecified atom stereocenters. The number of hydrogen-bond acceptors (Lipinski definition) is 13. The highest BCUT2D eigenvalue weighted by atomic mass is 16.8. The van der Waals surface area contributed by atoms with Gasteiger partial charge in [-0.1, -0.05) is 6.92 Å². The van der Waals surface area contributed by atoms with Gasteiger partial charge in [0.1, 0.15) is 18.3 Å². The summed E-state index contributed by atoms with van der Waals surface area (Å²) in [6, 6.07) is -1.91. The highest BCUT2D eigenvalue weighted by Crippen LogP contribution is 2.35. The minimum absolute atomic E-state index is 0.0344. The first kappa shape index (κ1) is 27.5. The number of hydrogen-bond donors (Lipinski definition) is 8. The third kappa shape index (κ3) is 5.82. The van der Waals surface area contributed by atoms with Crippen molar-refractivity contribution in [2.45, 2.75) is 118 Å². The van der Waals surface area contributed by atoms with Crippen LogP contribution in [0.2, 0.25) is 0 Å². The van der Waals surface area contributed by atoms with E-state index in [-0.39, 0.29) is 37.1 Å². The molecule has 0 aromatic carbocycles. The fourth-order valence-corrected chi connectivity index (χ4v) is 5.55. The van der Waals surface area contributed by atoms with Gasteiger partial charge in [0, 0.05) is 18.1 Å². The average Bonchev–Trinajstić information content (AvgIpc) is 2.80. The summed E-state index contributed by atoms with van der Waals surface area (Å²) >= 11 is 0. The van der Waals surface area contributed by atoms with Crippen molar-refractivity contribution in [3.8, 4) is 0 Å². The van der Waals surface area contributed by atoms with Crippen LogP contribution in [0.25, 0.3) is 0 Å². The van der Waals surface area contributed by atoms with Crippen molar-refractivity contribution in [3.63, 3.8) is 0 Å². The van der Waals surface area contributed by atoms with Crippen LogP contribution in [-0.4, -0.2) is 115 Å². The fraction of sp³-hybridized carbons (Fsp3) is 1.00. The molecule has 0 spiro atoms. The lowest BCUT2D eigenvalue weighted by molar-refractivity contribution is -0.366. The molecular formula is C22H43N5O8. The van der Waals surface area contributed by atoms with Crippen LogP contribution in [0.1, 0.15) is 32.6 Å². The Morgan fingerprint density at radius 1 is 0.829 bits per heavy atom. The molecule has 13 heteroatoms. The second-order valence-electron chi connectivity index (χ2n) is 10.5. The van der Waals surface area contributed by atoms with Gasteiger partial charge in [0.25, 0.3) is 0 Å². The first-order valence-corrected chi connectivity index (χ1v) is 12.6. The molecule has 1 aliphatic carbocycles. The van der Waals surface area contributed by atoms with E-state index < -0.39 is 67.5 Å². The van der Waals surface area contributed by atoms with Crippen molar-refractivity contribution >= 4 is 0 Å². The molecule has 0 bridgehead atoms. The van der Waals surface area contributed by atoms with E-state index in [1.54, 1.807) is 7.05 Å². The predicted octanol–water partition coefficient (Wildman–Crippen LogP) is -3.62. The molecule has 15 atom stereocenters. The van der Waals surface area contributed by atoms with Gasteiger partial charge < -0.3 is 67.3 Å². The van der Waals surface area contributed by atoms with Crippen molar-refractivity contribution in [3.05, 3.63) is 0 Å². The first-order chi connectivity index (χ1) is 16.6. The molecule has 35 heavy (non-hydrogen) atoms. The zero-order chi connectivity index (χ0) is 25.4. The SMILES string of the molecule is CNC1C(O[C@H]2OC(CO)[C@@H](N)CC2O)O[C@H]2CC(N)[C@@H](O[C@H]3CC(C)[C@H](N)CC3N)OC2C1O. The Kier molecular flexibility index (Phi) is 9.02. The van der Waals surface area contributed by atoms with Crippen molar-refractivity contribution < 1.29 is 39.0 Å². The number of likely N-dealkylation sites (N-methyl/N-ethyl adjacent to an activating group) is 1. The molecule has 3 aliphatic heterocycles. The summed E-state index contributed by atoms with van der Waals surface area (Å²) in [7, 11) is 1.66. The zero-order valence-corrected chi connectivity index (χ0v) is 20.4. The monoisotopic (exact) mass is 505 g/mol. The molecule has 0 radical (unpaired) electrons. The Hall–Kier alpha value is -0.520. The molecule has 4 aliphatic rings. The second-order valence-corrected chi connectivity index (χ2v) is 10.5. The minimum atomic E-state index is -1.08. The van der Waals surface area contributed by atoms with Crippen LogP contribution in [0.3, 0.4) is 0 Å². The van der Waals surface area contributed by atoms with Gasteiger partial charge in [-0.15, -0.1) is 0 Å². The lowest BCUT2D eigenvalue weighted by Gasteiger charge is -2.51. The van der Waals surface area contributed by atoms with E-state index in [1.165, 1.54) is 0 Å². The van der Waals surface area contributed by atoms with Crippen molar-refractivity contribution in [2.24, 2.45) is 28.9 Å². The summed E-state index contributed by atoms with van der Waals surface area (Å²) in [6.45, 7) is 1.77. The lowest BCUT2D eigenvalue weighted by Crippen LogP contribution is -2.69. The number of fused-ring (bicyclic) bond motifs is 1. The number of rotatable bonds is 6. The third-order valence-electron chi connectivity index (χ3n) is 7.88. The van der Waals surface area contributed by atoms with E-state index >= 15 is 0 Å². The van der Waals surface area contributed by atoms with Crippen molar-refractivity contribution in [2.75, 3.05) is 13.7 Å². The normalized spacial score (nSPS) is 53.2. The van der Waals surface area contributed by atoms with E-state index in [0.29, 0.717) is 19.3 Å². The topological polar surface area (TPSA) is 223 Å². The Morgan fingerprint density at radius 2 is 1.57 bits per heavy atom. The Labute approximate surface area is 205 Å². The summed E-state index contributed by atoms with van der Waals surface area (Å²) in [5, 5.41) is 34.1. The van der Waals surface area contributed by atoms with Crippen LogP contribution in [0.15, 0.2) is 0 Å². The highest BCUT2D eigenvalue weighted by molar-refractivity contribution is 4.99. The van der Waals surface area contributed by atoms with Gasteiger partial charge in [0.15, 0.2) is 18.9 Å². The Balaban J connectivity index is 1.40. The fourth-order valence-electron chi connectivity index (χ4n) is 5.55. The van der Waals surface area contributed by atoms with Crippen LogP contribution >= 0.6 is 0 Å². The van der Waals surface area contributed by atoms with Gasteiger partial charge in [-0.05, 0) is 38.6 Å². The standard InChI is InChI=1S/C22H43N5O8/c1-8-3-14(10(24)4-9(8)23)31-20-12(26)6-15-19(34-20)18(30)17(27-2)22(32-15)35-21-13(29)5-11(25)16(7-28)33-21/h8-22,27-30H,3-7,23-26H2,1-2H3/t8?,9-,10?,11+,12?,13?,14+,15+,16?,17?,18?,19?,20+,21-,22?/m1/s1. The largest absolute Gasteiger partial charge is 0.394 e. The van der Waals surface area contributed by atoms with Crippen LogP contribution < -0.4 is 28.3 Å². The molecular weight excluding hydrogens is 462 g/mol. The quantitative estimate of drug-likeness (QED) is 0.175. The van der Waals surface area contributed by atoms with Crippen molar-refractivity contribution in [1.29, 1.82) is 0 Å². The molecule has 0 aromatic rings. The number of nitrogens with one attached hydrogen (secondary N) is 1. The smallest absolute Gasteiger partial charge is 0.187 e. The molecule has 4 rings (SSSR count). The van der Waals surface area contributed by atoms with E-state index in [1.807, 2.05) is 0 Å². The minimum Gasteiger partial charge on any atom is -0.394 e. The van der Waals surface area contributed by atoms with Crippen LogP contribution in [0.5, 0.6) is 0 Å². The number of aliphatic hydroxyl groups is 3. The van der Waals surface area contributed by atoms with Gasteiger partial charge in [-0.25, -0.2) is 0 Å². The number of aliphatic hydroxyl groups excluding tert-OH is 3. The predicted molar refractivity (Wildman–Crippen MR) is 123 cm³/mol. The van der Waals surface area contributed by atoms with E-state index in [2.05, 4.69) is 12.2 Å². The summed E-state index contributed by atoms with van der Waals surface area (Å²) < 4.78 is 30.0. The maximum Gasteiger partial charge on any atom is 0.187 e. The number of ether oxygens (including phenoxy) is 5. The van der Waals surface area contributed by atoms with Crippen LogP contribution in [0, 0.1) is 5.92 Å². The summed E-state index contributed by atoms with van der Waals surface area (Å²) in [6.07, 6.45) is -5.12. The molecule has 3 saturated heterocycles. The molecule has 0 aromatic heterocycles. The maximum absolute atomic E-state index is 11.2. The molecule has 4 fully saturated rings. The Bertz CT molecular complexity index is 694. The van der Waals surface area contributed by atoms with E-state index in [4.69, 9.17) is 46.6 Å². The average molecular weight is 506 g/mol. The molecule has 13 nitrogen and oxygen atoms in total. The molecule has 12 N–H and O–H groups in total. The third-order valence-corrected chi connectivity index (χ3v) is 7.88. The van der Waals surface area contributed by atoms with E-state index in [0.717, 1.165) is 0 Å². The van der Waals surface area contributed by atoms with Crippen molar-refractivity contribution in [1.82, 2.24) is 5.32 Å². The molecule has 0 amide bonds. The van der Waals surface area contributed by atoms with E-state index in [9.17, 15) is 15.3 Å². The van der Waals surface area contributed by atoms with Gasteiger partial charge in [-0.3, -0.25) is 0 Å². The molecule has 204 valence electrons. The molecule has 1 saturated carbocycles. The Morgan fingerprint density at radius 3 is 2.26 bits per heavy atom. The zero-order valence-electron chi connectivity index (χ0n) is 20.4. The summed E-state index contributed by atoms with van der Waals surface area (Å²) in [5.74, 6) is 0.264. The van der Waals surface area contributed by atoms with Crippen LogP contribution in [-0.2, 0) is 23.7 Å². The lowest BCUT2D eigenvalue weighted by atomic mass is 9.81.